The maximum Gasteiger partial charge on any atom is 0.310 e. The minimum Gasteiger partial charge on any atom is -0.507 e. The third kappa shape index (κ3) is 5.13. The maximum atomic E-state index is 12.9. The molecule has 1 aromatic heterocycles. The number of hydrogen-bond donors (Lipinski definition) is 2. The first-order chi connectivity index (χ1) is 17.9. The van der Waals surface area contributed by atoms with Crippen LogP contribution in [0.2, 0.25) is 5.02 Å². The lowest BCUT2D eigenvalue weighted by Crippen LogP contribution is -2.09. The molecule has 0 aliphatic heterocycles. The Bertz CT molecular complexity index is 1660. The van der Waals surface area contributed by atoms with E-state index in [0.717, 1.165) is 38.8 Å². The molecule has 0 saturated carbocycles. The van der Waals surface area contributed by atoms with Gasteiger partial charge in [0.05, 0.1) is 18.1 Å². The lowest BCUT2D eigenvalue weighted by molar-refractivity contribution is -0.142. The van der Waals surface area contributed by atoms with E-state index >= 15 is 0 Å². The molecule has 5 aromatic rings. The quantitative estimate of drug-likeness (QED) is 0.242. The number of esters is 1. The van der Waals surface area contributed by atoms with Crippen molar-refractivity contribution in [1.29, 1.82) is 0 Å². The highest BCUT2D eigenvalue weighted by atomic mass is 35.5. The van der Waals surface area contributed by atoms with Crippen LogP contribution in [-0.2, 0) is 16.0 Å². The predicted molar refractivity (Wildman–Crippen MR) is 148 cm³/mol. The summed E-state index contributed by atoms with van der Waals surface area (Å²) >= 11 is 6.60. The summed E-state index contributed by atoms with van der Waals surface area (Å²) < 4.78 is 5.00. The summed E-state index contributed by atoms with van der Waals surface area (Å²) in [6, 6.07) is 27.9. The summed E-state index contributed by atoms with van der Waals surface area (Å²) in [6.07, 6.45) is 0.181. The van der Waals surface area contributed by atoms with Crippen LogP contribution in [0.5, 0.6) is 5.75 Å². The molecule has 2 N–H and O–H groups in total. The van der Waals surface area contributed by atoms with Crippen LogP contribution in [0.1, 0.15) is 12.5 Å². The number of carbonyl (C=O) groups is 1. The van der Waals surface area contributed by atoms with Crippen LogP contribution >= 0.6 is 11.6 Å². The summed E-state index contributed by atoms with van der Waals surface area (Å²) in [7, 11) is 0. The molecule has 0 saturated heterocycles. The highest BCUT2D eigenvalue weighted by Gasteiger charge is 2.13. The maximum absolute atomic E-state index is 12.9. The van der Waals surface area contributed by atoms with Gasteiger partial charge in [0.2, 0.25) is 0 Å². The molecule has 6 heteroatoms. The largest absolute Gasteiger partial charge is 0.507 e. The number of hydrogen-bond acceptors (Lipinski definition) is 4. The van der Waals surface area contributed by atoms with Crippen molar-refractivity contribution in [3.05, 3.63) is 112 Å². The van der Waals surface area contributed by atoms with Gasteiger partial charge in [0.15, 0.2) is 0 Å². The van der Waals surface area contributed by atoms with Gasteiger partial charge >= 0.3 is 5.97 Å². The second-order valence-corrected chi connectivity index (χ2v) is 9.12. The van der Waals surface area contributed by atoms with Crippen LogP contribution < -0.4 is 5.56 Å². The number of fused-ring (bicyclic) bond motifs is 1. The molecule has 0 aliphatic rings. The number of pyridine rings is 1. The Balaban J connectivity index is 1.51. The average molecular weight is 510 g/mol. The Kier molecular flexibility index (Phi) is 6.80. The summed E-state index contributed by atoms with van der Waals surface area (Å²) in [5.74, 6) is -0.129. The zero-order chi connectivity index (χ0) is 25.9. The monoisotopic (exact) mass is 509 g/mol. The average Bonchev–Trinajstić information content (AvgIpc) is 2.89. The van der Waals surface area contributed by atoms with Crippen LogP contribution in [0.25, 0.3) is 44.3 Å². The number of phenolic OH excluding ortho intramolecular Hbond substituents is 1. The molecule has 0 fully saturated rings. The van der Waals surface area contributed by atoms with E-state index < -0.39 is 0 Å². The fourth-order valence-corrected chi connectivity index (χ4v) is 4.68. The molecule has 4 aromatic carbocycles. The summed E-state index contributed by atoms with van der Waals surface area (Å²) in [5, 5.41) is 12.0. The van der Waals surface area contributed by atoms with Crippen molar-refractivity contribution in [2.75, 3.05) is 6.61 Å². The first-order valence-electron chi connectivity index (χ1n) is 11.9. The molecule has 184 valence electrons. The number of carbonyl (C=O) groups excluding carboxylic acids is 1. The molecule has 0 amide bonds. The lowest BCUT2D eigenvalue weighted by atomic mass is 9.97. The smallest absolute Gasteiger partial charge is 0.310 e. The number of H-pyrrole nitrogens is 1. The fourth-order valence-electron chi connectivity index (χ4n) is 4.41. The molecule has 0 atom stereocenters. The Labute approximate surface area is 218 Å². The van der Waals surface area contributed by atoms with E-state index in [4.69, 9.17) is 16.3 Å². The minimum atomic E-state index is -0.286. The number of rotatable bonds is 6. The van der Waals surface area contributed by atoms with E-state index in [-0.39, 0.29) is 23.7 Å². The van der Waals surface area contributed by atoms with Gasteiger partial charge in [-0.2, -0.15) is 0 Å². The summed E-state index contributed by atoms with van der Waals surface area (Å²) in [5.41, 5.74) is 5.60. The standard InChI is InChI=1S/C31H24ClNO4/c1-2-37-30(35)14-19-8-10-21(11-9-19)26-16-23-15-25(27(32)18-28(23)33-31(26)36)22-12-13-24(29(34)17-22)20-6-4-3-5-7-20/h3-13,15-18,34H,2,14H2,1H3,(H,33,36). The van der Waals surface area contributed by atoms with Gasteiger partial charge in [-0.05, 0) is 58.8 Å². The van der Waals surface area contributed by atoms with Crippen molar-refractivity contribution in [2.24, 2.45) is 0 Å². The van der Waals surface area contributed by atoms with Crippen LogP contribution in [0.4, 0.5) is 0 Å². The van der Waals surface area contributed by atoms with Crippen molar-refractivity contribution in [3.63, 3.8) is 0 Å². The molecule has 0 unspecified atom stereocenters. The van der Waals surface area contributed by atoms with Gasteiger partial charge in [-0.15, -0.1) is 0 Å². The van der Waals surface area contributed by atoms with Crippen molar-refractivity contribution >= 4 is 28.5 Å². The van der Waals surface area contributed by atoms with Gasteiger partial charge in [-0.25, -0.2) is 0 Å². The Morgan fingerprint density at radius 3 is 2.22 bits per heavy atom. The predicted octanol–water partition coefficient (Wildman–Crippen LogP) is 6.99. The van der Waals surface area contributed by atoms with Crippen LogP contribution in [-0.4, -0.2) is 22.7 Å². The number of phenols is 1. The second kappa shape index (κ2) is 10.3. The molecule has 0 radical (unpaired) electrons. The second-order valence-electron chi connectivity index (χ2n) is 8.71. The van der Waals surface area contributed by atoms with Crippen molar-refractivity contribution in [3.8, 4) is 39.1 Å². The van der Waals surface area contributed by atoms with E-state index in [0.29, 0.717) is 22.7 Å². The normalized spacial score (nSPS) is 11.0. The zero-order valence-electron chi connectivity index (χ0n) is 20.1. The van der Waals surface area contributed by atoms with Crippen LogP contribution in [0.3, 0.4) is 0 Å². The van der Waals surface area contributed by atoms with E-state index in [2.05, 4.69) is 4.98 Å². The molecule has 37 heavy (non-hydrogen) atoms. The minimum absolute atomic E-state index is 0.157. The van der Waals surface area contributed by atoms with Crippen molar-refractivity contribution in [2.45, 2.75) is 13.3 Å². The Hall–Kier alpha value is -4.35. The third-order valence-corrected chi connectivity index (χ3v) is 6.56. The van der Waals surface area contributed by atoms with Gasteiger partial charge in [-0.3, -0.25) is 9.59 Å². The number of halogens is 1. The molecule has 0 spiro atoms. The van der Waals surface area contributed by atoms with E-state index in [1.54, 1.807) is 19.1 Å². The zero-order valence-corrected chi connectivity index (χ0v) is 20.9. The van der Waals surface area contributed by atoms with E-state index in [9.17, 15) is 14.7 Å². The fraction of sp³-hybridized carbons (Fsp3) is 0.0968. The van der Waals surface area contributed by atoms with E-state index in [1.807, 2.05) is 78.9 Å². The molecule has 5 rings (SSSR count). The number of aromatic amines is 1. The van der Waals surface area contributed by atoms with Crippen LogP contribution in [0.15, 0.2) is 95.8 Å². The van der Waals surface area contributed by atoms with E-state index in [1.165, 1.54) is 0 Å². The van der Waals surface area contributed by atoms with Gasteiger partial charge in [0, 0.05) is 22.2 Å². The molecular weight excluding hydrogens is 486 g/mol. The number of ether oxygens (including phenoxy) is 1. The topological polar surface area (TPSA) is 79.4 Å². The molecular formula is C31H24ClNO4. The number of nitrogens with one attached hydrogen (secondary N) is 1. The summed E-state index contributed by atoms with van der Waals surface area (Å²) in [4.78, 5) is 27.5. The van der Waals surface area contributed by atoms with Gasteiger partial charge < -0.3 is 14.8 Å². The molecule has 0 aliphatic carbocycles. The lowest BCUT2D eigenvalue weighted by Gasteiger charge is -2.11. The number of benzene rings is 4. The van der Waals surface area contributed by atoms with Gasteiger partial charge in [0.1, 0.15) is 5.75 Å². The Morgan fingerprint density at radius 2 is 1.51 bits per heavy atom. The van der Waals surface area contributed by atoms with Gasteiger partial charge in [-0.1, -0.05) is 78.3 Å². The molecule has 5 nitrogen and oxygen atoms in total. The SMILES string of the molecule is CCOC(=O)Cc1ccc(-c2cc3cc(-c4ccc(-c5ccccc5)c(O)c4)c(Cl)cc3[nH]c2=O)cc1. The first kappa shape index (κ1) is 24.3. The number of aromatic hydroxyl groups is 1. The summed E-state index contributed by atoms with van der Waals surface area (Å²) in [6.45, 7) is 2.11. The van der Waals surface area contributed by atoms with Crippen molar-refractivity contribution < 1.29 is 14.6 Å². The highest BCUT2D eigenvalue weighted by Crippen LogP contribution is 2.37. The first-order valence-corrected chi connectivity index (χ1v) is 12.3. The highest BCUT2D eigenvalue weighted by molar-refractivity contribution is 6.34. The molecule has 0 bridgehead atoms. The number of aromatic nitrogens is 1. The van der Waals surface area contributed by atoms with Gasteiger partial charge in [0.25, 0.3) is 5.56 Å². The Morgan fingerprint density at radius 1 is 0.838 bits per heavy atom. The van der Waals surface area contributed by atoms with Crippen molar-refractivity contribution in [1.82, 2.24) is 4.98 Å². The van der Waals surface area contributed by atoms with Crippen LogP contribution in [0, 0.1) is 0 Å². The molecule has 1 heterocycles. The third-order valence-electron chi connectivity index (χ3n) is 6.24.